The second-order valence-corrected chi connectivity index (χ2v) is 4.49. The molecule has 2 rings (SSSR count). The highest BCUT2D eigenvalue weighted by Crippen LogP contribution is 2.17. The molecule has 0 saturated carbocycles. The molecule has 0 aliphatic rings. The van der Waals surface area contributed by atoms with Crippen LogP contribution in [0, 0.1) is 0 Å². The molecule has 120 valence electrons. The van der Waals surface area contributed by atoms with Crippen molar-refractivity contribution in [3.05, 3.63) is 30.1 Å². The van der Waals surface area contributed by atoms with Crippen LogP contribution < -0.4 is 11.1 Å². The van der Waals surface area contributed by atoms with E-state index in [0.717, 1.165) is 12.0 Å². The number of aromatic nitrogens is 3. The van der Waals surface area contributed by atoms with Crippen LogP contribution in [0.4, 0.5) is 5.69 Å². The summed E-state index contributed by atoms with van der Waals surface area (Å²) >= 11 is 0. The van der Waals surface area contributed by atoms with Crippen LogP contribution >= 0.6 is 12.4 Å². The summed E-state index contributed by atoms with van der Waals surface area (Å²) in [5.74, 6) is 1.05. The standard InChI is InChI=1S/C14H19N5O2.ClH/c1-2-7-21-9-13(20)16-11-5-3-10(4-6-11)14-17-12(8-15)18-19-14;/h3-6H,2,7-9,15H2,1H3,(H,16,20)(H,17,18,19);1H. The first-order valence-electron chi connectivity index (χ1n) is 6.82. The van der Waals surface area contributed by atoms with Crippen molar-refractivity contribution in [2.45, 2.75) is 19.9 Å². The topological polar surface area (TPSA) is 106 Å². The Balaban J connectivity index is 0.00000242. The normalized spacial score (nSPS) is 10.1. The highest BCUT2D eigenvalue weighted by Gasteiger charge is 2.06. The summed E-state index contributed by atoms with van der Waals surface area (Å²) in [6.07, 6.45) is 0.892. The summed E-state index contributed by atoms with van der Waals surface area (Å²) in [7, 11) is 0. The molecule has 0 saturated heterocycles. The van der Waals surface area contributed by atoms with E-state index < -0.39 is 0 Å². The zero-order valence-corrected chi connectivity index (χ0v) is 13.2. The Hall–Kier alpha value is -1.96. The molecule has 0 bridgehead atoms. The van der Waals surface area contributed by atoms with E-state index in [2.05, 4.69) is 20.5 Å². The fraction of sp³-hybridized carbons (Fsp3) is 0.357. The maximum absolute atomic E-state index is 11.6. The van der Waals surface area contributed by atoms with E-state index in [1.807, 2.05) is 19.1 Å². The quantitative estimate of drug-likeness (QED) is 0.672. The van der Waals surface area contributed by atoms with Crippen molar-refractivity contribution in [1.29, 1.82) is 0 Å². The number of nitrogens with two attached hydrogens (primary N) is 1. The molecule has 0 radical (unpaired) electrons. The first-order valence-corrected chi connectivity index (χ1v) is 6.82. The summed E-state index contributed by atoms with van der Waals surface area (Å²) in [6.45, 7) is 2.96. The Labute approximate surface area is 135 Å². The van der Waals surface area contributed by atoms with Gasteiger partial charge in [-0.25, -0.2) is 4.98 Å². The average Bonchev–Trinajstić information content (AvgIpc) is 2.97. The fourth-order valence-corrected chi connectivity index (χ4v) is 1.72. The lowest BCUT2D eigenvalue weighted by molar-refractivity contribution is -0.120. The molecule has 0 aliphatic carbocycles. The zero-order valence-electron chi connectivity index (χ0n) is 12.3. The Morgan fingerprint density at radius 1 is 1.36 bits per heavy atom. The molecular formula is C14H20ClN5O2. The number of hydrogen-bond donors (Lipinski definition) is 3. The van der Waals surface area contributed by atoms with Crippen molar-refractivity contribution < 1.29 is 9.53 Å². The van der Waals surface area contributed by atoms with Gasteiger partial charge in [0, 0.05) is 17.9 Å². The lowest BCUT2D eigenvalue weighted by Gasteiger charge is -2.06. The van der Waals surface area contributed by atoms with Crippen LogP contribution in [0.25, 0.3) is 11.4 Å². The van der Waals surface area contributed by atoms with Gasteiger partial charge in [-0.15, -0.1) is 12.4 Å². The zero-order chi connectivity index (χ0) is 15.1. The third-order valence-electron chi connectivity index (χ3n) is 2.73. The summed E-state index contributed by atoms with van der Waals surface area (Å²) in [5.41, 5.74) is 7.04. The predicted octanol–water partition coefficient (Wildman–Crippen LogP) is 1.72. The van der Waals surface area contributed by atoms with Crippen LogP contribution in [0.3, 0.4) is 0 Å². The number of benzene rings is 1. The largest absolute Gasteiger partial charge is 0.372 e. The number of hydrogen-bond acceptors (Lipinski definition) is 5. The van der Waals surface area contributed by atoms with Gasteiger partial charge in [0.1, 0.15) is 12.4 Å². The number of H-pyrrole nitrogens is 1. The highest BCUT2D eigenvalue weighted by molar-refractivity contribution is 5.91. The van der Waals surface area contributed by atoms with Gasteiger partial charge in [-0.2, -0.15) is 5.10 Å². The average molecular weight is 326 g/mol. The second kappa shape index (κ2) is 9.14. The summed E-state index contributed by atoms with van der Waals surface area (Å²) < 4.78 is 5.18. The molecule has 22 heavy (non-hydrogen) atoms. The molecule has 0 aliphatic heterocycles. The van der Waals surface area contributed by atoms with Gasteiger partial charge in [0.25, 0.3) is 0 Å². The van der Waals surface area contributed by atoms with Gasteiger partial charge >= 0.3 is 0 Å². The monoisotopic (exact) mass is 325 g/mol. The number of carbonyl (C=O) groups excluding carboxylic acids is 1. The second-order valence-electron chi connectivity index (χ2n) is 4.49. The Bertz CT molecular complexity index is 585. The number of carbonyl (C=O) groups is 1. The number of rotatable bonds is 7. The number of nitrogens with zero attached hydrogens (tertiary/aromatic N) is 2. The molecule has 7 nitrogen and oxygen atoms in total. The van der Waals surface area contributed by atoms with Gasteiger partial charge < -0.3 is 15.8 Å². The van der Waals surface area contributed by atoms with E-state index in [4.69, 9.17) is 10.5 Å². The van der Waals surface area contributed by atoms with Crippen LogP contribution in [-0.2, 0) is 16.1 Å². The van der Waals surface area contributed by atoms with Crippen molar-refractivity contribution in [1.82, 2.24) is 15.2 Å². The SMILES string of the molecule is CCCOCC(=O)Nc1ccc(-c2n[nH]c(CN)n2)cc1.Cl. The van der Waals surface area contributed by atoms with E-state index in [1.165, 1.54) is 0 Å². The first kappa shape index (κ1) is 18.1. The third kappa shape index (κ3) is 5.10. The van der Waals surface area contributed by atoms with Crippen molar-refractivity contribution in [3.8, 4) is 11.4 Å². The molecule has 8 heteroatoms. The number of ether oxygens (including phenoxy) is 1. The van der Waals surface area contributed by atoms with Crippen LogP contribution in [0.2, 0.25) is 0 Å². The first-order chi connectivity index (χ1) is 10.2. The minimum atomic E-state index is -0.167. The van der Waals surface area contributed by atoms with Gasteiger partial charge in [0.2, 0.25) is 5.91 Å². The fourth-order valence-electron chi connectivity index (χ4n) is 1.72. The molecule has 0 atom stereocenters. The number of aromatic amines is 1. The maximum atomic E-state index is 11.6. The molecule has 0 unspecified atom stereocenters. The third-order valence-corrected chi connectivity index (χ3v) is 2.73. The number of amides is 1. The lowest BCUT2D eigenvalue weighted by atomic mass is 10.2. The molecule has 0 fully saturated rings. The minimum Gasteiger partial charge on any atom is -0.372 e. The van der Waals surface area contributed by atoms with Crippen LogP contribution in [0.5, 0.6) is 0 Å². The van der Waals surface area contributed by atoms with Crippen LogP contribution in [0.1, 0.15) is 19.2 Å². The molecule has 1 aromatic carbocycles. The van der Waals surface area contributed by atoms with E-state index in [0.29, 0.717) is 30.5 Å². The van der Waals surface area contributed by atoms with E-state index in [1.54, 1.807) is 12.1 Å². The maximum Gasteiger partial charge on any atom is 0.250 e. The molecule has 4 N–H and O–H groups in total. The summed E-state index contributed by atoms with van der Waals surface area (Å²) in [4.78, 5) is 15.8. The van der Waals surface area contributed by atoms with Crippen molar-refractivity contribution in [2.75, 3.05) is 18.5 Å². The molecule has 1 amide bonds. The van der Waals surface area contributed by atoms with E-state index >= 15 is 0 Å². The van der Waals surface area contributed by atoms with Crippen molar-refractivity contribution in [3.63, 3.8) is 0 Å². The van der Waals surface area contributed by atoms with Crippen LogP contribution in [0.15, 0.2) is 24.3 Å². The molecule has 1 aromatic heterocycles. The van der Waals surface area contributed by atoms with Crippen LogP contribution in [-0.4, -0.2) is 34.3 Å². The Morgan fingerprint density at radius 3 is 2.68 bits per heavy atom. The summed E-state index contributed by atoms with van der Waals surface area (Å²) in [5, 5.41) is 9.59. The number of nitrogens with one attached hydrogen (secondary N) is 2. The molecule has 1 heterocycles. The van der Waals surface area contributed by atoms with Crippen molar-refractivity contribution in [2.24, 2.45) is 5.73 Å². The molecular weight excluding hydrogens is 306 g/mol. The Kier molecular flexibility index (Phi) is 7.51. The van der Waals surface area contributed by atoms with E-state index in [-0.39, 0.29) is 24.9 Å². The van der Waals surface area contributed by atoms with E-state index in [9.17, 15) is 4.79 Å². The predicted molar refractivity (Wildman–Crippen MR) is 86.7 cm³/mol. The van der Waals surface area contributed by atoms with Crippen molar-refractivity contribution >= 4 is 24.0 Å². The smallest absolute Gasteiger partial charge is 0.250 e. The van der Waals surface area contributed by atoms with Gasteiger partial charge in [-0.3, -0.25) is 9.89 Å². The summed E-state index contributed by atoms with van der Waals surface area (Å²) in [6, 6.07) is 7.27. The number of anilines is 1. The van der Waals surface area contributed by atoms with Gasteiger partial charge in [-0.1, -0.05) is 6.92 Å². The van der Waals surface area contributed by atoms with Gasteiger partial charge in [0.15, 0.2) is 5.82 Å². The van der Waals surface area contributed by atoms with Gasteiger partial charge in [-0.05, 0) is 30.7 Å². The molecule has 2 aromatic rings. The highest BCUT2D eigenvalue weighted by atomic mass is 35.5. The molecule has 0 spiro atoms. The minimum absolute atomic E-state index is 0. The Morgan fingerprint density at radius 2 is 2.09 bits per heavy atom. The number of halogens is 1. The van der Waals surface area contributed by atoms with Gasteiger partial charge in [0.05, 0.1) is 6.54 Å². The lowest BCUT2D eigenvalue weighted by Crippen LogP contribution is -2.18.